The van der Waals surface area contributed by atoms with Gasteiger partial charge in [0.25, 0.3) is 0 Å². The Morgan fingerprint density at radius 3 is 2.64 bits per heavy atom. The van der Waals surface area contributed by atoms with Gasteiger partial charge < -0.3 is 5.43 Å². The summed E-state index contributed by atoms with van der Waals surface area (Å²) in [6.45, 7) is 2.15. The highest BCUT2D eigenvalue weighted by molar-refractivity contribution is 5.50. The second-order valence-electron chi connectivity index (χ2n) is 2.39. The summed E-state index contributed by atoms with van der Waals surface area (Å²) in [6.07, 6.45) is 1.06. The van der Waals surface area contributed by atoms with E-state index in [1.54, 1.807) is 0 Å². The Morgan fingerprint density at radius 2 is 2.00 bits per heavy atom. The van der Waals surface area contributed by atoms with Gasteiger partial charge in [-0.05, 0) is 18.1 Å². The van der Waals surface area contributed by atoms with E-state index < -0.39 is 0 Å². The zero-order chi connectivity index (χ0) is 8.10. The molecule has 0 amide bonds. The molecule has 0 heterocycles. The molecule has 0 aromatic heterocycles. The lowest BCUT2D eigenvalue weighted by Crippen LogP contribution is -2.16. The monoisotopic (exact) mass is 150 g/mol. The van der Waals surface area contributed by atoms with E-state index in [0.29, 0.717) is 0 Å². The lowest BCUT2D eigenvalue weighted by Gasteiger charge is -2.08. The fraction of sp³-hybridized carbons (Fsp3) is 0.333. The van der Waals surface area contributed by atoms with E-state index in [2.05, 4.69) is 36.0 Å². The molecule has 11 heavy (non-hydrogen) atoms. The fourth-order valence-corrected chi connectivity index (χ4v) is 1.09. The van der Waals surface area contributed by atoms with E-state index in [-0.39, 0.29) is 0 Å². The van der Waals surface area contributed by atoms with Crippen molar-refractivity contribution in [3.8, 4) is 0 Å². The van der Waals surface area contributed by atoms with E-state index >= 15 is 0 Å². The van der Waals surface area contributed by atoms with Crippen molar-refractivity contribution in [2.24, 2.45) is 0 Å². The average molecular weight is 150 g/mol. The largest absolute Gasteiger partial charge is 0.321 e. The molecule has 60 valence electrons. The molecule has 2 heteroatoms. The number of anilines is 1. The Hall–Kier alpha value is -1.02. The maximum Gasteiger partial charge on any atom is 0.0519 e. The van der Waals surface area contributed by atoms with Gasteiger partial charge in [-0.15, -0.1) is 0 Å². The first-order chi connectivity index (χ1) is 5.38. The van der Waals surface area contributed by atoms with Crippen molar-refractivity contribution >= 4 is 5.69 Å². The summed E-state index contributed by atoms with van der Waals surface area (Å²) >= 11 is 0. The lowest BCUT2D eigenvalue weighted by atomic mass is 10.1. The van der Waals surface area contributed by atoms with Crippen LogP contribution in [0.5, 0.6) is 0 Å². The van der Waals surface area contributed by atoms with Gasteiger partial charge in [-0.25, -0.2) is 5.43 Å². The summed E-state index contributed by atoms with van der Waals surface area (Å²) in [5.74, 6) is 0. The molecule has 2 nitrogen and oxygen atoms in total. The topological polar surface area (TPSA) is 24.1 Å². The van der Waals surface area contributed by atoms with Crippen molar-refractivity contribution in [1.29, 1.82) is 0 Å². The third-order valence-corrected chi connectivity index (χ3v) is 1.66. The van der Waals surface area contributed by atoms with Gasteiger partial charge >= 0.3 is 0 Å². The number of hydrazine groups is 1. The summed E-state index contributed by atoms with van der Waals surface area (Å²) in [5, 5.41) is 0. The van der Waals surface area contributed by atoms with Crippen molar-refractivity contribution in [2.45, 2.75) is 13.3 Å². The minimum absolute atomic E-state index is 1.06. The smallest absolute Gasteiger partial charge is 0.0519 e. The third-order valence-electron chi connectivity index (χ3n) is 1.66. The SMILES string of the molecule is CCc1ccccc1NNC. The molecule has 1 aromatic rings. The van der Waals surface area contributed by atoms with Crippen LogP contribution in [0.1, 0.15) is 12.5 Å². The summed E-state index contributed by atoms with van der Waals surface area (Å²) in [4.78, 5) is 0. The van der Waals surface area contributed by atoms with Gasteiger partial charge in [0.15, 0.2) is 0 Å². The molecule has 0 aliphatic carbocycles. The zero-order valence-electron chi connectivity index (χ0n) is 7.02. The highest BCUT2D eigenvalue weighted by Gasteiger charge is 1.95. The summed E-state index contributed by atoms with van der Waals surface area (Å²) < 4.78 is 0. The molecule has 0 bridgehead atoms. The van der Waals surface area contributed by atoms with Crippen LogP contribution in [0.4, 0.5) is 5.69 Å². The maximum absolute atomic E-state index is 3.08. The van der Waals surface area contributed by atoms with Crippen molar-refractivity contribution in [2.75, 3.05) is 12.5 Å². The Labute approximate surface area is 67.6 Å². The number of aryl methyl sites for hydroxylation is 1. The number of hydrogen-bond acceptors (Lipinski definition) is 2. The summed E-state index contributed by atoms with van der Waals surface area (Å²) in [7, 11) is 1.87. The summed E-state index contributed by atoms with van der Waals surface area (Å²) in [5.41, 5.74) is 8.49. The molecular formula is C9H14N2. The number of hydrogen-bond donors (Lipinski definition) is 2. The molecule has 0 saturated heterocycles. The predicted octanol–water partition coefficient (Wildman–Crippen LogP) is 1.80. The molecule has 0 spiro atoms. The van der Waals surface area contributed by atoms with Crippen LogP contribution in [-0.2, 0) is 6.42 Å². The molecule has 0 aliphatic rings. The lowest BCUT2D eigenvalue weighted by molar-refractivity contribution is 0.971. The van der Waals surface area contributed by atoms with E-state index in [1.807, 2.05) is 13.1 Å². The van der Waals surface area contributed by atoms with Crippen molar-refractivity contribution in [3.63, 3.8) is 0 Å². The van der Waals surface area contributed by atoms with Crippen LogP contribution in [0.15, 0.2) is 24.3 Å². The van der Waals surface area contributed by atoms with Crippen LogP contribution < -0.4 is 10.9 Å². The van der Waals surface area contributed by atoms with Crippen LogP contribution in [0.25, 0.3) is 0 Å². The highest BCUT2D eigenvalue weighted by atomic mass is 15.3. The molecular weight excluding hydrogens is 136 g/mol. The Balaban J connectivity index is 2.83. The van der Waals surface area contributed by atoms with Crippen LogP contribution in [-0.4, -0.2) is 7.05 Å². The molecule has 1 aromatic carbocycles. The molecule has 2 N–H and O–H groups in total. The molecule has 0 saturated carbocycles. The van der Waals surface area contributed by atoms with Gasteiger partial charge in [-0.2, -0.15) is 0 Å². The second kappa shape index (κ2) is 3.98. The van der Waals surface area contributed by atoms with Gasteiger partial charge in [-0.1, -0.05) is 25.1 Å². The first-order valence-corrected chi connectivity index (χ1v) is 3.89. The standard InChI is InChI=1S/C9H14N2/c1-3-8-6-4-5-7-9(8)11-10-2/h4-7,10-11H,3H2,1-2H3. The van der Waals surface area contributed by atoms with E-state index in [9.17, 15) is 0 Å². The van der Waals surface area contributed by atoms with Crippen molar-refractivity contribution in [1.82, 2.24) is 5.43 Å². The van der Waals surface area contributed by atoms with Crippen LogP contribution in [0.3, 0.4) is 0 Å². The number of rotatable bonds is 3. The molecule has 1 rings (SSSR count). The number of nitrogens with one attached hydrogen (secondary N) is 2. The molecule has 0 radical (unpaired) electrons. The van der Waals surface area contributed by atoms with Crippen molar-refractivity contribution < 1.29 is 0 Å². The zero-order valence-corrected chi connectivity index (χ0v) is 7.02. The van der Waals surface area contributed by atoms with Gasteiger partial charge in [0, 0.05) is 7.05 Å². The summed E-state index contributed by atoms with van der Waals surface area (Å²) in [6, 6.07) is 8.27. The van der Waals surface area contributed by atoms with E-state index in [1.165, 1.54) is 5.56 Å². The third kappa shape index (κ3) is 1.95. The van der Waals surface area contributed by atoms with Crippen LogP contribution >= 0.6 is 0 Å². The van der Waals surface area contributed by atoms with Gasteiger partial charge in [0.05, 0.1) is 5.69 Å². The van der Waals surface area contributed by atoms with E-state index in [4.69, 9.17) is 0 Å². The molecule has 0 fully saturated rings. The Bertz CT molecular complexity index is 221. The highest BCUT2D eigenvalue weighted by Crippen LogP contribution is 2.13. The number of para-hydroxylation sites is 1. The second-order valence-corrected chi connectivity index (χ2v) is 2.39. The molecule has 0 atom stereocenters. The average Bonchev–Trinajstić information content (AvgIpc) is 2.06. The predicted molar refractivity (Wildman–Crippen MR) is 48.5 cm³/mol. The maximum atomic E-state index is 3.08. The molecule has 0 unspecified atom stereocenters. The Morgan fingerprint density at radius 1 is 1.27 bits per heavy atom. The Kier molecular flexibility index (Phi) is 2.93. The minimum Gasteiger partial charge on any atom is -0.321 e. The fourth-order valence-electron chi connectivity index (χ4n) is 1.09. The van der Waals surface area contributed by atoms with Gasteiger partial charge in [-0.3, -0.25) is 0 Å². The van der Waals surface area contributed by atoms with Gasteiger partial charge in [0.1, 0.15) is 0 Å². The quantitative estimate of drug-likeness (QED) is 0.642. The molecule has 0 aliphatic heterocycles. The van der Waals surface area contributed by atoms with E-state index in [0.717, 1.165) is 12.1 Å². The first kappa shape index (κ1) is 8.08. The van der Waals surface area contributed by atoms with Crippen LogP contribution in [0.2, 0.25) is 0 Å². The van der Waals surface area contributed by atoms with Crippen molar-refractivity contribution in [3.05, 3.63) is 29.8 Å². The number of benzene rings is 1. The normalized spacial score (nSPS) is 9.64. The first-order valence-electron chi connectivity index (χ1n) is 3.89. The van der Waals surface area contributed by atoms with Gasteiger partial charge in [0.2, 0.25) is 0 Å². The van der Waals surface area contributed by atoms with Crippen LogP contribution in [0, 0.1) is 0 Å². The minimum atomic E-state index is 1.06.